The molecule has 1 aliphatic heterocycles. The van der Waals surface area contributed by atoms with Gasteiger partial charge in [-0.3, -0.25) is 9.59 Å². The smallest absolute Gasteiger partial charge is 0.253 e. The lowest BCUT2D eigenvalue weighted by atomic mass is 9.98. The van der Waals surface area contributed by atoms with Gasteiger partial charge in [0.25, 0.3) is 5.91 Å². The molecule has 0 saturated carbocycles. The Balaban J connectivity index is 0.00000300. The van der Waals surface area contributed by atoms with Crippen LogP contribution in [0, 0.1) is 12.8 Å². The Morgan fingerprint density at radius 1 is 1.14 bits per heavy atom. The van der Waals surface area contributed by atoms with Crippen LogP contribution >= 0.6 is 12.4 Å². The lowest BCUT2D eigenvalue weighted by molar-refractivity contribution is -0.117. The zero-order valence-electron chi connectivity index (χ0n) is 17.1. The molecule has 6 heteroatoms. The van der Waals surface area contributed by atoms with Crippen molar-refractivity contribution in [3.05, 3.63) is 65.2 Å². The van der Waals surface area contributed by atoms with Crippen LogP contribution in [0.2, 0.25) is 0 Å². The normalized spacial score (nSPS) is 15.3. The monoisotopic (exact) mass is 415 g/mol. The van der Waals surface area contributed by atoms with Gasteiger partial charge in [-0.15, -0.1) is 12.4 Å². The van der Waals surface area contributed by atoms with Crippen molar-refractivity contribution in [1.29, 1.82) is 0 Å². The van der Waals surface area contributed by atoms with Gasteiger partial charge in [0.1, 0.15) is 0 Å². The Morgan fingerprint density at radius 3 is 2.41 bits per heavy atom. The van der Waals surface area contributed by atoms with Crippen LogP contribution in [0.25, 0.3) is 0 Å². The molecule has 156 valence electrons. The average Bonchev–Trinajstić information content (AvgIpc) is 2.70. The molecule has 3 rings (SSSR count). The number of nitrogens with zero attached hydrogens (tertiary/aromatic N) is 1. The molecule has 29 heavy (non-hydrogen) atoms. The minimum atomic E-state index is -0.626. The maximum absolute atomic E-state index is 12.7. The number of carbonyl (C=O) groups is 2. The molecule has 0 radical (unpaired) electrons. The van der Waals surface area contributed by atoms with Crippen LogP contribution in [-0.2, 0) is 11.2 Å². The molecule has 2 amide bonds. The highest BCUT2D eigenvalue weighted by molar-refractivity contribution is 5.98. The van der Waals surface area contributed by atoms with Gasteiger partial charge in [0.15, 0.2) is 0 Å². The first-order valence-corrected chi connectivity index (χ1v) is 9.94. The fourth-order valence-corrected chi connectivity index (χ4v) is 3.52. The van der Waals surface area contributed by atoms with Gasteiger partial charge >= 0.3 is 0 Å². The van der Waals surface area contributed by atoms with Crippen molar-refractivity contribution in [2.75, 3.05) is 18.4 Å². The van der Waals surface area contributed by atoms with Crippen LogP contribution in [0.4, 0.5) is 5.69 Å². The molecule has 0 spiro atoms. The summed E-state index contributed by atoms with van der Waals surface area (Å²) in [5.74, 6) is 0.521. The molecule has 2 aromatic rings. The number of amides is 2. The first kappa shape index (κ1) is 22.9. The fourth-order valence-electron chi connectivity index (χ4n) is 3.52. The van der Waals surface area contributed by atoms with Gasteiger partial charge in [0.2, 0.25) is 5.91 Å². The Labute approximate surface area is 179 Å². The van der Waals surface area contributed by atoms with Crippen LogP contribution < -0.4 is 11.1 Å². The third kappa shape index (κ3) is 6.05. The van der Waals surface area contributed by atoms with E-state index in [1.165, 1.54) is 0 Å². The Kier molecular flexibility index (Phi) is 8.23. The van der Waals surface area contributed by atoms with Gasteiger partial charge in [-0.05, 0) is 61.4 Å². The Morgan fingerprint density at radius 2 is 1.79 bits per heavy atom. The number of nitrogens with one attached hydrogen (secondary N) is 1. The van der Waals surface area contributed by atoms with Crippen LogP contribution in [0.15, 0.2) is 48.5 Å². The van der Waals surface area contributed by atoms with Gasteiger partial charge in [0, 0.05) is 24.3 Å². The van der Waals surface area contributed by atoms with E-state index >= 15 is 0 Å². The van der Waals surface area contributed by atoms with E-state index in [0.717, 1.165) is 37.1 Å². The van der Waals surface area contributed by atoms with Crippen molar-refractivity contribution in [3.8, 4) is 0 Å². The van der Waals surface area contributed by atoms with Crippen molar-refractivity contribution < 1.29 is 9.59 Å². The van der Waals surface area contributed by atoms with E-state index in [1.807, 2.05) is 48.2 Å². The first-order valence-electron chi connectivity index (χ1n) is 9.94. The molecule has 1 aliphatic rings. The van der Waals surface area contributed by atoms with Crippen LogP contribution in [-0.4, -0.2) is 35.8 Å². The zero-order valence-corrected chi connectivity index (χ0v) is 17.9. The number of piperidine rings is 1. The summed E-state index contributed by atoms with van der Waals surface area (Å²) in [5.41, 5.74) is 9.30. The van der Waals surface area contributed by atoms with Gasteiger partial charge < -0.3 is 16.0 Å². The number of carbonyl (C=O) groups excluding carboxylic acids is 2. The predicted molar refractivity (Wildman–Crippen MR) is 119 cm³/mol. The van der Waals surface area contributed by atoms with E-state index in [-0.39, 0.29) is 24.2 Å². The third-order valence-electron chi connectivity index (χ3n) is 5.44. The van der Waals surface area contributed by atoms with Crippen LogP contribution in [0.3, 0.4) is 0 Å². The number of nitrogens with two attached hydrogens (primary N) is 1. The summed E-state index contributed by atoms with van der Waals surface area (Å²) in [5, 5.41) is 2.89. The van der Waals surface area contributed by atoms with Gasteiger partial charge in [-0.25, -0.2) is 0 Å². The molecular weight excluding hydrogens is 386 g/mol. The number of hydrogen-bond acceptors (Lipinski definition) is 3. The number of rotatable bonds is 5. The van der Waals surface area contributed by atoms with E-state index in [0.29, 0.717) is 23.6 Å². The highest BCUT2D eigenvalue weighted by Crippen LogP contribution is 2.21. The fraction of sp³-hybridized carbons (Fsp3) is 0.391. The highest BCUT2D eigenvalue weighted by atomic mass is 35.5. The van der Waals surface area contributed by atoms with E-state index < -0.39 is 6.04 Å². The quantitative estimate of drug-likeness (QED) is 0.779. The number of halogens is 1. The molecule has 0 aromatic heterocycles. The molecule has 1 atom stereocenters. The SMILES string of the molecule is Cc1cc(C(=O)N2CCC(C)CC2)ccc1NC(=O)[C@@H](N)Cc1ccccc1.Cl. The number of aryl methyl sites for hydroxylation is 1. The summed E-state index contributed by atoms with van der Waals surface area (Å²) < 4.78 is 0. The molecule has 0 unspecified atom stereocenters. The summed E-state index contributed by atoms with van der Waals surface area (Å²) in [7, 11) is 0. The molecule has 1 heterocycles. The van der Waals surface area contributed by atoms with Crippen molar-refractivity contribution >= 4 is 29.9 Å². The molecule has 3 N–H and O–H groups in total. The maximum atomic E-state index is 12.7. The number of benzene rings is 2. The number of likely N-dealkylation sites (tertiary alicyclic amines) is 1. The number of anilines is 1. The molecular formula is C23H30ClN3O2. The van der Waals surface area contributed by atoms with Crippen molar-refractivity contribution in [2.24, 2.45) is 11.7 Å². The van der Waals surface area contributed by atoms with E-state index in [9.17, 15) is 9.59 Å². The summed E-state index contributed by atoms with van der Waals surface area (Å²) in [6.45, 7) is 5.75. The molecule has 1 fully saturated rings. The minimum absolute atomic E-state index is 0. The lowest BCUT2D eigenvalue weighted by Gasteiger charge is -2.30. The standard InChI is InChI=1S/C23H29N3O2.ClH/c1-16-10-12-26(13-11-16)23(28)19-8-9-21(17(2)14-19)25-22(27)20(24)15-18-6-4-3-5-7-18;/h3-9,14,16,20H,10-13,15,24H2,1-2H3,(H,25,27);1H/t20-;/m0./s1. The second kappa shape index (κ2) is 10.4. The lowest BCUT2D eigenvalue weighted by Crippen LogP contribution is -2.38. The highest BCUT2D eigenvalue weighted by Gasteiger charge is 2.22. The van der Waals surface area contributed by atoms with E-state index in [4.69, 9.17) is 5.73 Å². The van der Waals surface area contributed by atoms with Crippen molar-refractivity contribution in [3.63, 3.8) is 0 Å². The van der Waals surface area contributed by atoms with Crippen molar-refractivity contribution in [1.82, 2.24) is 4.90 Å². The molecule has 0 aliphatic carbocycles. The van der Waals surface area contributed by atoms with Crippen LogP contribution in [0.1, 0.15) is 41.3 Å². The number of hydrogen-bond donors (Lipinski definition) is 2. The van der Waals surface area contributed by atoms with Gasteiger partial charge in [-0.2, -0.15) is 0 Å². The van der Waals surface area contributed by atoms with E-state index in [1.54, 1.807) is 12.1 Å². The van der Waals surface area contributed by atoms with Gasteiger partial charge in [-0.1, -0.05) is 37.3 Å². The average molecular weight is 416 g/mol. The largest absolute Gasteiger partial charge is 0.339 e. The molecule has 5 nitrogen and oxygen atoms in total. The van der Waals surface area contributed by atoms with Crippen molar-refractivity contribution in [2.45, 2.75) is 39.2 Å². The Hall–Kier alpha value is -2.37. The Bertz CT molecular complexity index is 833. The second-order valence-electron chi connectivity index (χ2n) is 7.79. The van der Waals surface area contributed by atoms with E-state index in [2.05, 4.69) is 12.2 Å². The summed E-state index contributed by atoms with van der Waals surface area (Å²) in [4.78, 5) is 27.1. The summed E-state index contributed by atoms with van der Waals surface area (Å²) in [6.07, 6.45) is 2.59. The first-order chi connectivity index (χ1) is 13.4. The topological polar surface area (TPSA) is 75.4 Å². The molecule has 0 bridgehead atoms. The summed E-state index contributed by atoms with van der Waals surface area (Å²) in [6, 6.07) is 14.5. The third-order valence-corrected chi connectivity index (χ3v) is 5.44. The zero-order chi connectivity index (χ0) is 20.1. The van der Waals surface area contributed by atoms with Crippen LogP contribution in [0.5, 0.6) is 0 Å². The molecule has 1 saturated heterocycles. The molecule has 2 aromatic carbocycles. The predicted octanol–water partition coefficient (Wildman–Crippen LogP) is 3.80. The maximum Gasteiger partial charge on any atom is 0.253 e. The second-order valence-corrected chi connectivity index (χ2v) is 7.79. The summed E-state index contributed by atoms with van der Waals surface area (Å²) >= 11 is 0. The van der Waals surface area contributed by atoms with Gasteiger partial charge in [0.05, 0.1) is 6.04 Å². The minimum Gasteiger partial charge on any atom is -0.339 e.